The standard InChI is InChI=1S/C14H24N2O2S2/c1-4-19-10-9-12(2)16-20(17,18)14-7-5-13(6-8-14)11-15-3/h5-8,12,15-16H,4,9-11H2,1-3H3. The molecule has 0 spiro atoms. The van der Waals surface area contributed by atoms with Gasteiger partial charge in [-0.05, 0) is 49.6 Å². The monoisotopic (exact) mass is 316 g/mol. The number of thioether (sulfide) groups is 1. The maximum absolute atomic E-state index is 12.2. The fraction of sp³-hybridized carbons (Fsp3) is 0.571. The Bertz CT molecular complexity index is 486. The quantitative estimate of drug-likeness (QED) is 0.686. The summed E-state index contributed by atoms with van der Waals surface area (Å²) < 4.78 is 27.1. The lowest BCUT2D eigenvalue weighted by Crippen LogP contribution is -2.33. The zero-order chi connectivity index (χ0) is 15.0. The van der Waals surface area contributed by atoms with Crippen LogP contribution in [0.4, 0.5) is 0 Å². The number of nitrogens with one attached hydrogen (secondary N) is 2. The summed E-state index contributed by atoms with van der Waals surface area (Å²) in [6, 6.07) is 6.94. The Balaban J connectivity index is 2.63. The van der Waals surface area contributed by atoms with Crippen LogP contribution in [-0.4, -0.2) is 33.0 Å². The van der Waals surface area contributed by atoms with Crippen LogP contribution in [0.15, 0.2) is 29.2 Å². The van der Waals surface area contributed by atoms with Gasteiger partial charge in [0.15, 0.2) is 0 Å². The third-order valence-electron chi connectivity index (χ3n) is 2.87. The molecule has 4 nitrogen and oxygen atoms in total. The number of hydrogen-bond donors (Lipinski definition) is 2. The second-order valence-electron chi connectivity index (χ2n) is 4.68. The maximum atomic E-state index is 12.2. The van der Waals surface area contributed by atoms with Crippen molar-refractivity contribution in [3.05, 3.63) is 29.8 Å². The van der Waals surface area contributed by atoms with Crippen LogP contribution in [0.2, 0.25) is 0 Å². The lowest BCUT2D eigenvalue weighted by Gasteiger charge is -2.14. The van der Waals surface area contributed by atoms with Gasteiger partial charge in [0.25, 0.3) is 0 Å². The molecule has 1 rings (SSSR count). The Hall–Kier alpha value is -0.560. The van der Waals surface area contributed by atoms with Crippen molar-refractivity contribution in [2.24, 2.45) is 0 Å². The molecule has 0 radical (unpaired) electrons. The molecule has 0 bridgehead atoms. The molecule has 1 aromatic carbocycles. The molecule has 0 fully saturated rings. The van der Waals surface area contributed by atoms with Crippen molar-refractivity contribution >= 4 is 21.8 Å². The molecule has 0 saturated carbocycles. The Kier molecular flexibility index (Phi) is 7.58. The second-order valence-corrected chi connectivity index (χ2v) is 7.79. The molecule has 1 unspecified atom stereocenters. The van der Waals surface area contributed by atoms with Crippen LogP contribution < -0.4 is 10.0 Å². The molecule has 0 aromatic heterocycles. The van der Waals surface area contributed by atoms with E-state index in [9.17, 15) is 8.42 Å². The highest BCUT2D eigenvalue weighted by molar-refractivity contribution is 7.99. The zero-order valence-corrected chi connectivity index (χ0v) is 14.0. The summed E-state index contributed by atoms with van der Waals surface area (Å²) in [5.41, 5.74) is 1.07. The van der Waals surface area contributed by atoms with Crippen LogP contribution in [0, 0.1) is 0 Å². The molecule has 0 saturated heterocycles. The van der Waals surface area contributed by atoms with E-state index >= 15 is 0 Å². The molecule has 0 aliphatic carbocycles. The minimum absolute atomic E-state index is 0.0453. The molecule has 1 aromatic rings. The summed E-state index contributed by atoms with van der Waals surface area (Å²) in [6.45, 7) is 4.74. The van der Waals surface area contributed by atoms with Gasteiger partial charge in [-0.2, -0.15) is 11.8 Å². The largest absolute Gasteiger partial charge is 0.316 e. The van der Waals surface area contributed by atoms with E-state index in [1.807, 2.05) is 37.9 Å². The SMILES string of the molecule is CCSCCC(C)NS(=O)(=O)c1ccc(CNC)cc1. The highest BCUT2D eigenvalue weighted by atomic mass is 32.2. The molecule has 6 heteroatoms. The molecule has 0 aliphatic heterocycles. The number of benzene rings is 1. The fourth-order valence-corrected chi connectivity index (χ4v) is 3.87. The van der Waals surface area contributed by atoms with Crippen molar-refractivity contribution in [3.63, 3.8) is 0 Å². The molecule has 2 N–H and O–H groups in total. The molecule has 20 heavy (non-hydrogen) atoms. The predicted octanol–water partition coefficient (Wildman–Crippen LogP) is 2.22. The first kappa shape index (κ1) is 17.5. The number of sulfonamides is 1. The minimum atomic E-state index is -3.41. The van der Waals surface area contributed by atoms with Gasteiger partial charge >= 0.3 is 0 Å². The summed E-state index contributed by atoms with van der Waals surface area (Å²) in [5, 5.41) is 3.04. The Morgan fingerprint density at radius 3 is 2.45 bits per heavy atom. The van der Waals surface area contributed by atoms with Crippen molar-refractivity contribution < 1.29 is 8.42 Å². The van der Waals surface area contributed by atoms with Gasteiger partial charge in [0.05, 0.1) is 4.90 Å². The fourth-order valence-electron chi connectivity index (χ4n) is 1.79. The Labute approximate surface area is 126 Å². The number of rotatable bonds is 9. The summed E-state index contributed by atoms with van der Waals surface area (Å²) in [4.78, 5) is 0.326. The van der Waals surface area contributed by atoms with Gasteiger partial charge in [-0.3, -0.25) is 0 Å². The summed E-state index contributed by atoms with van der Waals surface area (Å²) in [7, 11) is -1.54. The normalized spacial score (nSPS) is 13.3. The maximum Gasteiger partial charge on any atom is 0.240 e. The van der Waals surface area contributed by atoms with Gasteiger partial charge in [0.2, 0.25) is 10.0 Å². The molecule has 1 atom stereocenters. The van der Waals surface area contributed by atoms with Crippen LogP contribution in [0.5, 0.6) is 0 Å². The smallest absolute Gasteiger partial charge is 0.240 e. The highest BCUT2D eigenvalue weighted by Gasteiger charge is 2.16. The third kappa shape index (κ3) is 5.83. The summed E-state index contributed by atoms with van der Waals surface area (Å²) in [6.07, 6.45) is 0.843. The van der Waals surface area contributed by atoms with Gasteiger partial charge in [-0.15, -0.1) is 0 Å². The first-order chi connectivity index (χ1) is 9.49. The molecular weight excluding hydrogens is 292 g/mol. The van der Waals surface area contributed by atoms with E-state index in [2.05, 4.69) is 17.0 Å². The van der Waals surface area contributed by atoms with Crippen LogP contribution in [0.3, 0.4) is 0 Å². The van der Waals surface area contributed by atoms with Crippen molar-refractivity contribution in [2.75, 3.05) is 18.6 Å². The predicted molar refractivity (Wildman–Crippen MR) is 86.6 cm³/mol. The van der Waals surface area contributed by atoms with Gasteiger partial charge < -0.3 is 5.32 Å². The zero-order valence-electron chi connectivity index (χ0n) is 12.3. The van der Waals surface area contributed by atoms with E-state index in [1.165, 1.54) is 0 Å². The van der Waals surface area contributed by atoms with E-state index in [1.54, 1.807) is 12.1 Å². The van der Waals surface area contributed by atoms with E-state index < -0.39 is 10.0 Å². The third-order valence-corrected chi connectivity index (χ3v) is 5.41. The van der Waals surface area contributed by atoms with E-state index in [0.29, 0.717) is 4.90 Å². The summed E-state index contributed by atoms with van der Waals surface area (Å²) >= 11 is 1.82. The van der Waals surface area contributed by atoms with Crippen LogP contribution >= 0.6 is 11.8 Å². The average molecular weight is 316 g/mol. The Morgan fingerprint density at radius 1 is 1.25 bits per heavy atom. The summed E-state index contributed by atoms with van der Waals surface area (Å²) in [5.74, 6) is 2.04. The molecule has 114 valence electrons. The minimum Gasteiger partial charge on any atom is -0.316 e. The van der Waals surface area contributed by atoms with Crippen molar-refractivity contribution in [1.29, 1.82) is 0 Å². The van der Waals surface area contributed by atoms with Crippen molar-refractivity contribution in [1.82, 2.24) is 10.0 Å². The van der Waals surface area contributed by atoms with Gasteiger partial charge in [-0.25, -0.2) is 13.1 Å². The van der Waals surface area contributed by atoms with Crippen LogP contribution in [0.1, 0.15) is 25.8 Å². The first-order valence-corrected chi connectivity index (χ1v) is 9.47. The Morgan fingerprint density at radius 2 is 1.90 bits per heavy atom. The van der Waals surface area contributed by atoms with E-state index in [-0.39, 0.29) is 6.04 Å². The topological polar surface area (TPSA) is 58.2 Å². The van der Waals surface area contributed by atoms with E-state index in [4.69, 9.17) is 0 Å². The van der Waals surface area contributed by atoms with Crippen LogP contribution in [0.25, 0.3) is 0 Å². The lowest BCUT2D eigenvalue weighted by atomic mass is 10.2. The van der Waals surface area contributed by atoms with Crippen molar-refractivity contribution in [3.8, 4) is 0 Å². The molecule has 0 amide bonds. The van der Waals surface area contributed by atoms with Gasteiger partial charge in [0.1, 0.15) is 0 Å². The first-order valence-electron chi connectivity index (χ1n) is 6.83. The highest BCUT2D eigenvalue weighted by Crippen LogP contribution is 2.12. The number of hydrogen-bond acceptors (Lipinski definition) is 4. The lowest BCUT2D eigenvalue weighted by molar-refractivity contribution is 0.557. The van der Waals surface area contributed by atoms with Gasteiger partial charge in [0, 0.05) is 12.6 Å². The van der Waals surface area contributed by atoms with Crippen molar-refractivity contribution in [2.45, 2.75) is 37.8 Å². The van der Waals surface area contributed by atoms with E-state index in [0.717, 1.165) is 30.0 Å². The molecular formula is C14H24N2O2S2. The molecule has 0 heterocycles. The average Bonchev–Trinajstić information content (AvgIpc) is 2.39. The van der Waals surface area contributed by atoms with Gasteiger partial charge in [-0.1, -0.05) is 19.1 Å². The second kappa shape index (κ2) is 8.67. The molecule has 0 aliphatic rings. The van der Waals surface area contributed by atoms with Crippen LogP contribution in [-0.2, 0) is 16.6 Å².